The molecule has 1 aromatic rings. The maximum absolute atomic E-state index is 12.3. The fourth-order valence-electron chi connectivity index (χ4n) is 3.21. The number of carbonyl (C=O) groups excluding carboxylic acids is 2. The van der Waals surface area contributed by atoms with Crippen LogP contribution in [0.5, 0.6) is 0 Å². The minimum atomic E-state index is -3.84. The van der Waals surface area contributed by atoms with Gasteiger partial charge in [-0.25, -0.2) is 13.2 Å². The number of hydrogen-bond donors (Lipinski definition) is 1. The summed E-state index contributed by atoms with van der Waals surface area (Å²) in [6.07, 6.45) is 3.80. The molecule has 1 saturated carbocycles. The molecule has 28 heavy (non-hydrogen) atoms. The van der Waals surface area contributed by atoms with Gasteiger partial charge in [-0.3, -0.25) is 14.9 Å². The smallest absolute Gasteiger partial charge is 0.339 e. The highest BCUT2D eigenvalue weighted by Gasteiger charge is 2.28. The molecule has 0 bridgehead atoms. The van der Waals surface area contributed by atoms with Crippen LogP contribution in [0.15, 0.2) is 23.1 Å². The Balaban J connectivity index is 2.10. The highest BCUT2D eigenvalue weighted by atomic mass is 32.2. The topological polar surface area (TPSA) is 133 Å². The molecule has 0 aromatic heterocycles. The van der Waals surface area contributed by atoms with E-state index in [-0.39, 0.29) is 11.6 Å². The number of nitro benzene ring substituents is 1. The third-order valence-electron chi connectivity index (χ3n) is 4.88. The fourth-order valence-corrected chi connectivity index (χ4v) is 4.04. The van der Waals surface area contributed by atoms with E-state index in [0.29, 0.717) is 5.92 Å². The standard InChI is InChI=1S/C18H24N2O7S/c1-11-6-4-5-7-14(11)19-17(21)12(2)27-18(22)13-8-9-16(28(3,25)26)15(10-13)20(23)24/h8-12,14H,4-7H2,1-3H3,(H,19,21)/t11-,12+,14-/m0/s1. The SMILES string of the molecule is C[C@@H](OC(=O)c1ccc(S(C)(=O)=O)c([N+](=O)[O-])c1)C(=O)N[C@H]1CCCC[C@@H]1C. The molecule has 10 heteroatoms. The van der Waals surface area contributed by atoms with E-state index in [0.717, 1.165) is 50.1 Å². The van der Waals surface area contributed by atoms with Crippen LogP contribution in [-0.4, -0.2) is 43.6 Å². The summed E-state index contributed by atoms with van der Waals surface area (Å²) >= 11 is 0. The van der Waals surface area contributed by atoms with Crippen LogP contribution in [0, 0.1) is 16.0 Å². The summed E-state index contributed by atoms with van der Waals surface area (Å²) < 4.78 is 28.4. The van der Waals surface area contributed by atoms with Crippen molar-refractivity contribution < 1.29 is 27.7 Å². The molecule has 1 amide bonds. The van der Waals surface area contributed by atoms with Gasteiger partial charge >= 0.3 is 5.97 Å². The highest BCUT2D eigenvalue weighted by Crippen LogP contribution is 2.26. The Labute approximate surface area is 163 Å². The van der Waals surface area contributed by atoms with Crippen LogP contribution in [0.25, 0.3) is 0 Å². The lowest BCUT2D eigenvalue weighted by Gasteiger charge is -2.30. The Bertz CT molecular complexity index is 882. The number of ether oxygens (including phenoxy) is 1. The first-order chi connectivity index (χ1) is 13.0. The minimum absolute atomic E-state index is 0.0255. The third kappa shape index (κ3) is 5.28. The van der Waals surface area contributed by atoms with E-state index in [9.17, 15) is 28.1 Å². The van der Waals surface area contributed by atoms with Crippen molar-refractivity contribution in [3.63, 3.8) is 0 Å². The second-order valence-electron chi connectivity index (χ2n) is 7.14. The zero-order valence-corrected chi connectivity index (χ0v) is 16.8. The van der Waals surface area contributed by atoms with Crippen LogP contribution in [-0.2, 0) is 19.4 Å². The van der Waals surface area contributed by atoms with E-state index >= 15 is 0 Å². The largest absolute Gasteiger partial charge is 0.449 e. The van der Waals surface area contributed by atoms with Gasteiger partial charge in [-0.1, -0.05) is 19.8 Å². The summed E-state index contributed by atoms with van der Waals surface area (Å²) in [5.74, 6) is -1.04. The van der Waals surface area contributed by atoms with Crippen molar-refractivity contribution in [2.45, 2.75) is 56.6 Å². The first-order valence-electron chi connectivity index (χ1n) is 9.00. The lowest BCUT2D eigenvalue weighted by Crippen LogP contribution is -2.46. The quantitative estimate of drug-likeness (QED) is 0.430. The molecule has 0 spiro atoms. The number of rotatable bonds is 6. The average molecular weight is 412 g/mol. The molecule has 1 N–H and O–H groups in total. The number of amides is 1. The summed E-state index contributed by atoms with van der Waals surface area (Å²) in [6.45, 7) is 3.48. The van der Waals surface area contributed by atoms with Crippen LogP contribution in [0.1, 0.15) is 49.9 Å². The predicted octanol–water partition coefficient (Wildman–Crippen LogP) is 2.24. The van der Waals surface area contributed by atoms with Crippen molar-refractivity contribution >= 4 is 27.4 Å². The molecular formula is C18H24N2O7S. The first-order valence-corrected chi connectivity index (χ1v) is 10.9. The number of nitro groups is 1. The van der Waals surface area contributed by atoms with Crippen molar-refractivity contribution in [1.82, 2.24) is 5.32 Å². The molecule has 0 radical (unpaired) electrons. The Hall–Kier alpha value is -2.49. The molecule has 0 unspecified atom stereocenters. The number of nitrogens with zero attached hydrogens (tertiary/aromatic N) is 1. The van der Waals surface area contributed by atoms with E-state index in [1.54, 1.807) is 0 Å². The van der Waals surface area contributed by atoms with Gasteiger partial charge in [0, 0.05) is 18.4 Å². The van der Waals surface area contributed by atoms with Gasteiger partial charge in [-0.05, 0) is 37.8 Å². The molecule has 1 aliphatic rings. The van der Waals surface area contributed by atoms with Crippen LogP contribution < -0.4 is 5.32 Å². The molecule has 0 aliphatic heterocycles. The van der Waals surface area contributed by atoms with E-state index in [4.69, 9.17) is 4.74 Å². The summed E-state index contributed by atoms with van der Waals surface area (Å²) in [4.78, 5) is 34.4. The Kier molecular flexibility index (Phi) is 6.76. The summed E-state index contributed by atoms with van der Waals surface area (Å²) in [5.41, 5.74) is -0.921. The fraction of sp³-hybridized carbons (Fsp3) is 0.556. The number of esters is 1. The van der Waals surface area contributed by atoms with Gasteiger partial charge in [-0.15, -0.1) is 0 Å². The van der Waals surface area contributed by atoms with Crippen LogP contribution in [0.4, 0.5) is 5.69 Å². The molecule has 0 saturated heterocycles. The van der Waals surface area contributed by atoms with Crippen LogP contribution in [0.3, 0.4) is 0 Å². The molecule has 3 atom stereocenters. The van der Waals surface area contributed by atoms with Gasteiger partial charge in [0.05, 0.1) is 10.5 Å². The van der Waals surface area contributed by atoms with E-state index in [1.807, 2.05) is 0 Å². The van der Waals surface area contributed by atoms with Crippen molar-refractivity contribution in [3.05, 3.63) is 33.9 Å². The molecule has 2 rings (SSSR count). The van der Waals surface area contributed by atoms with E-state index in [2.05, 4.69) is 12.2 Å². The molecule has 1 fully saturated rings. The maximum atomic E-state index is 12.3. The zero-order valence-electron chi connectivity index (χ0n) is 16.0. The molecule has 154 valence electrons. The van der Waals surface area contributed by atoms with Crippen LogP contribution in [0.2, 0.25) is 0 Å². The van der Waals surface area contributed by atoms with Crippen molar-refractivity contribution in [2.24, 2.45) is 5.92 Å². The minimum Gasteiger partial charge on any atom is -0.449 e. The van der Waals surface area contributed by atoms with Crippen molar-refractivity contribution in [2.75, 3.05) is 6.26 Å². The number of benzene rings is 1. The van der Waals surface area contributed by atoms with E-state index < -0.39 is 43.3 Å². The van der Waals surface area contributed by atoms with Gasteiger partial charge in [0.15, 0.2) is 15.9 Å². The van der Waals surface area contributed by atoms with Gasteiger partial charge in [0.1, 0.15) is 4.90 Å². The second kappa shape index (κ2) is 8.68. The third-order valence-corrected chi connectivity index (χ3v) is 6.03. The summed E-state index contributed by atoms with van der Waals surface area (Å²) in [7, 11) is -3.84. The molecule has 1 aliphatic carbocycles. The number of carbonyl (C=O) groups is 2. The number of nitrogens with one attached hydrogen (secondary N) is 1. The van der Waals surface area contributed by atoms with Gasteiger partial charge < -0.3 is 10.1 Å². The monoisotopic (exact) mass is 412 g/mol. The highest BCUT2D eigenvalue weighted by molar-refractivity contribution is 7.90. The Morgan fingerprint density at radius 2 is 1.93 bits per heavy atom. The maximum Gasteiger partial charge on any atom is 0.339 e. The summed E-state index contributed by atoms with van der Waals surface area (Å²) in [6, 6.07) is 2.97. The predicted molar refractivity (Wildman–Crippen MR) is 101 cm³/mol. The lowest BCUT2D eigenvalue weighted by molar-refractivity contribution is -0.387. The van der Waals surface area contributed by atoms with Crippen molar-refractivity contribution in [3.8, 4) is 0 Å². The Morgan fingerprint density at radius 3 is 2.50 bits per heavy atom. The molecule has 1 aromatic carbocycles. The molecular weight excluding hydrogens is 388 g/mol. The average Bonchev–Trinajstić information content (AvgIpc) is 2.62. The Morgan fingerprint density at radius 1 is 1.29 bits per heavy atom. The van der Waals surface area contributed by atoms with Gasteiger partial charge in [0.2, 0.25) is 0 Å². The zero-order chi connectivity index (χ0) is 21.1. The number of hydrogen-bond acceptors (Lipinski definition) is 7. The van der Waals surface area contributed by atoms with Gasteiger partial charge in [-0.2, -0.15) is 0 Å². The van der Waals surface area contributed by atoms with Crippen LogP contribution >= 0.6 is 0 Å². The van der Waals surface area contributed by atoms with Crippen molar-refractivity contribution in [1.29, 1.82) is 0 Å². The summed E-state index contributed by atoms with van der Waals surface area (Å²) in [5, 5.41) is 14.0. The van der Waals surface area contributed by atoms with E-state index in [1.165, 1.54) is 6.92 Å². The molecule has 0 heterocycles. The normalized spacial score (nSPS) is 20.8. The van der Waals surface area contributed by atoms with Gasteiger partial charge in [0.25, 0.3) is 11.6 Å². The first kappa shape index (κ1) is 21.8. The molecule has 9 nitrogen and oxygen atoms in total. The lowest BCUT2D eigenvalue weighted by atomic mass is 9.86. The second-order valence-corrected chi connectivity index (χ2v) is 9.12. The number of sulfone groups is 1.